The molecular weight excluding hydrogens is 266 g/mol. The van der Waals surface area contributed by atoms with Crippen molar-refractivity contribution in [3.63, 3.8) is 0 Å². The van der Waals surface area contributed by atoms with Gasteiger partial charge in [-0.15, -0.1) is 0 Å². The third-order valence-electron chi connectivity index (χ3n) is 2.73. The van der Waals surface area contributed by atoms with E-state index < -0.39 is 11.9 Å². The number of nitrogens with zero attached hydrogens (tertiary/aromatic N) is 1. The molecule has 110 valence electrons. The summed E-state index contributed by atoms with van der Waals surface area (Å²) in [7, 11) is 1.21. The average molecular weight is 283 g/mol. The number of rotatable bonds is 7. The van der Waals surface area contributed by atoms with E-state index >= 15 is 0 Å². The van der Waals surface area contributed by atoms with Crippen molar-refractivity contribution in [1.29, 1.82) is 0 Å². The minimum absolute atomic E-state index is 0.145. The maximum Gasteiger partial charge on any atom is 0.331 e. The number of amides is 2. The Bertz CT molecular complexity index is 413. The van der Waals surface area contributed by atoms with Crippen LogP contribution in [0.2, 0.25) is 0 Å². The molecule has 0 aromatic rings. The predicted molar refractivity (Wildman–Crippen MR) is 67.3 cm³/mol. The molecule has 1 aliphatic rings. The summed E-state index contributed by atoms with van der Waals surface area (Å²) < 4.78 is 9.15. The number of esters is 2. The van der Waals surface area contributed by atoms with E-state index in [0.717, 1.165) is 12.2 Å². The number of likely N-dealkylation sites (tertiary alicyclic amines) is 1. The number of hydrogen-bond donors (Lipinski definition) is 0. The summed E-state index contributed by atoms with van der Waals surface area (Å²) in [6.45, 7) is 0.522. The molecule has 0 atom stereocenters. The summed E-state index contributed by atoms with van der Waals surface area (Å²) >= 11 is 0. The van der Waals surface area contributed by atoms with Gasteiger partial charge in [0.15, 0.2) is 0 Å². The van der Waals surface area contributed by atoms with Gasteiger partial charge in [0, 0.05) is 31.5 Å². The monoisotopic (exact) mass is 283 g/mol. The molecule has 0 radical (unpaired) electrons. The predicted octanol–water partition coefficient (Wildman–Crippen LogP) is 0.188. The molecule has 0 spiro atoms. The summed E-state index contributed by atoms with van der Waals surface area (Å²) in [5.41, 5.74) is 0. The van der Waals surface area contributed by atoms with Crippen molar-refractivity contribution in [3.05, 3.63) is 12.2 Å². The zero-order chi connectivity index (χ0) is 15.0. The first-order valence-electron chi connectivity index (χ1n) is 6.30. The fraction of sp³-hybridized carbons (Fsp3) is 0.538. The second kappa shape index (κ2) is 8.08. The summed E-state index contributed by atoms with van der Waals surface area (Å²) in [6.07, 6.45) is 3.64. The molecule has 1 heterocycles. The van der Waals surface area contributed by atoms with Crippen molar-refractivity contribution in [2.45, 2.75) is 25.7 Å². The Hall–Kier alpha value is -2.18. The van der Waals surface area contributed by atoms with E-state index in [1.807, 2.05) is 0 Å². The number of methoxy groups -OCH3 is 1. The molecule has 1 saturated heterocycles. The summed E-state index contributed by atoms with van der Waals surface area (Å²) in [4.78, 5) is 45.7. The van der Waals surface area contributed by atoms with E-state index in [1.54, 1.807) is 0 Å². The van der Waals surface area contributed by atoms with Crippen molar-refractivity contribution in [3.8, 4) is 0 Å². The molecule has 1 fully saturated rings. The molecule has 20 heavy (non-hydrogen) atoms. The normalized spacial score (nSPS) is 14.9. The van der Waals surface area contributed by atoms with Crippen LogP contribution in [-0.2, 0) is 28.7 Å². The Labute approximate surface area is 116 Å². The number of carbonyl (C=O) groups is 4. The first kappa shape index (κ1) is 15.9. The standard InChI is InChI=1S/C13H17NO6/c1-19-12(17)6-7-13(18)20-9-3-2-8-14-10(15)4-5-11(14)16/h6-7H,2-5,8-9H2,1H3. The van der Waals surface area contributed by atoms with Gasteiger partial charge in [-0.1, -0.05) is 0 Å². The van der Waals surface area contributed by atoms with Gasteiger partial charge in [0.25, 0.3) is 0 Å². The molecule has 0 aromatic heterocycles. The number of hydrogen-bond acceptors (Lipinski definition) is 6. The van der Waals surface area contributed by atoms with Crippen LogP contribution in [0, 0.1) is 0 Å². The van der Waals surface area contributed by atoms with Gasteiger partial charge in [0.2, 0.25) is 11.8 Å². The van der Waals surface area contributed by atoms with Crippen molar-refractivity contribution >= 4 is 23.8 Å². The lowest BCUT2D eigenvalue weighted by Gasteiger charge is -2.12. The smallest absolute Gasteiger partial charge is 0.331 e. The number of carbonyl (C=O) groups excluding carboxylic acids is 4. The van der Waals surface area contributed by atoms with Crippen LogP contribution >= 0.6 is 0 Å². The molecule has 2 amide bonds. The first-order valence-corrected chi connectivity index (χ1v) is 6.30. The van der Waals surface area contributed by atoms with Gasteiger partial charge in [0.05, 0.1) is 13.7 Å². The molecule has 1 aliphatic heterocycles. The molecule has 0 N–H and O–H groups in total. The Morgan fingerprint density at radius 1 is 1.10 bits per heavy atom. The van der Waals surface area contributed by atoms with Gasteiger partial charge in [-0.25, -0.2) is 9.59 Å². The highest BCUT2D eigenvalue weighted by Crippen LogP contribution is 2.12. The second-order valence-electron chi connectivity index (χ2n) is 4.17. The average Bonchev–Trinajstić information content (AvgIpc) is 2.75. The van der Waals surface area contributed by atoms with Crippen LogP contribution in [0.15, 0.2) is 12.2 Å². The van der Waals surface area contributed by atoms with Crippen LogP contribution in [0.5, 0.6) is 0 Å². The lowest BCUT2D eigenvalue weighted by Crippen LogP contribution is -2.30. The second-order valence-corrected chi connectivity index (χ2v) is 4.17. The largest absolute Gasteiger partial charge is 0.466 e. The van der Waals surface area contributed by atoms with Gasteiger partial charge >= 0.3 is 11.9 Å². The summed E-state index contributed by atoms with van der Waals surface area (Å²) in [5, 5.41) is 0. The minimum Gasteiger partial charge on any atom is -0.466 e. The molecule has 0 bridgehead atoms. The van der Waals surface area contributed by atoms with E-state index in [-0.39, 0.29) is 31.3 Å². The Balaban J connectivity index is 2.11. The summed E-state index contributed by atoms with van der Waals surface area (Å²) in [6, 6.07) is 0. The zero-order valence-corrected chi connectivity index (χ0v) is 11.3. The minimum atomic E-state index is -0.635. The molecule has 0 unspecified atom stereocenters. The number of ether oxygens (including phenoxy) is 2. The zero-order valence-electron chi connectivity index (χ0n) is 11.3. The van der Waals surface area contributed by atoms with Crippen molar-refractivity contribution in [2.75, 3.05) is 20.3 Å². The van der Waals surface area contributed by atoms with E-state index in [2.05, 4.69) is 4.74 Å². The van der Waals surface area contributed by atoms with Crippen LogP contribution in [-0.4, -0.2) is 48.9 Å². The molecule has 1 rings (SSSR count). The molecule has 0 aromatic carbocycles. The highest BCUT2D eigenvalue weighted by atomic mass is 16.5. The molecule has 7 nitrogen and oxygen atoms in total. The summed E-state index contributed by atoms with van der Waals surface area (Å²) in [5.74, 6) is -1.56. The van der Waals surface area contributed by atoms with E-state index in [4.69, 9.17) is 4.74 Å². The lowest BCUT2D eigenvalue weighted by molar-refractivity contribution is -0.140. The number of unbranched alkanes of at least 4 members (excludes halogenated alkanes) is 1. The van der Waals surface area contributed by atoms with Crippen LogP contribution in [0.25, 0.3) is 0 Å². The molecular formula is C13H17NO6. The van der Waals surface area contributed by atoms with Crippen LogP contribution in [0.4, 0.5) is 0 Å². The maximum atomic E-state index is 11.3. The van der Waals surface area contributed by atoms with Gasteiger partial charge in [-0.3, -0.25) is 14.5 Å². The maximum absolute atomic E-state index is 11.3. The third-order valence-corrected chi connectivity index (χ3v) is 2.73. The highest BCUT2D eigenvalue weighted by Gasteiger charge is 2.27. The Morgan fingerprint density at radius 2 is 1.70 bits per heavy atom. The Morgan fingerprint density at radius 3 is 2.30 bits per heavy atom. The fourth-order valence-electron chi connectivity index (χ4n) is 1.67. The van der Waals surface area contributed by atoms with E-state index in [1.165, 1.54) is 12.0 Å². The van der Waals surface area contributed by atoms with Crippen LogP contribution in [0.1, 0.15) is 25.7 Å². The van der Waals surface area contributed by atoms with Gasteiger partial charge in [0.1, 0.15) is 0 Å². The van der Waals surface area contributed by atoms with E-state index in [9.17, 15) is 19.2 Å². The molecule has 0 saturated carbocycles. The Kier molecular flexibility index (Phi) is 6.42. The number of imide groups is 1. The van der Waals surface area contributed by atoms with Gasteiger partial charge in [-0.05, 0) is 12.8 Å². The highest BCUT2D eigenvalue weighted by molar-refractivity contribution is 6.01. The van der Waals surface area contributed by atoms with Crippen molar-refractivity contribution in [1.82, 2.24) is 4.90 Å². The van der Waals surface area contributed by atoms with Crippen molar-refractivity contribution < 1.29 is 28.7 Å². The lowest BCUT2D eigenvalue weighted by atomic mass is 10.3. The first-order chi connectivity index (χ1) is 9.54. The third kappa shape index (κ3) is 5.21. The quantitative estimate of drug-likeness (QED) is 0.287. The topological polar surface area (TPSA) is 90.0 Å². The van der Waals surface area contributed by atoms with Crippen molar-refractivity contribution in [2.24, 2.45) is 0 Å². The van der Waals surface area contributed by atoms with Gasteiger partial charge in [-0.2, -0.15) is 0 Å². The van der Waals surface area contributed by atoms with Gasteiger partial charge < -0.3 is 9.47 Å². The molecule has 7 heteroatoms. The van der Waals surface area contributed by atoms with Crippen LogP contribution in [0.3, 0.4) is 0 Å². The van der Waals surface area contributed by atoms with Crippen LogP contribution < -0.4 is 0 Å². The fourth-order valence-corrected chi connectivity index (χ4v) is 1.67. The van der Waals surface area contributed by atoms with E-state index in [0.29, 0.717) is 19.4 Å². The molecule has 0 aliphatic carbocycles. The SMILES string of the molecule is COC(=O)C=CC(=O)OCCCCN1C(=O)CCC1=O.